The minimum atomic E-state index is -0.655. The summed E-state index contributed by atoms with van der Waals surface area (Å²) in [5.41, 5.74) is 2.87. The fourth-order valence-electron chi connectivity index (χ4n) is 2.74. The predicted octanol–water partition coefficient (Wildman–Crippen LogP) is 3.53. The number of nitrogens with one attached hydrogen (secondary N) is 1. The van der Waals surface area contributed by atoms with Crippen molar-refractivity contribution in [3.63, 3.8) is 0 Å². The number of hydrogen-bond acceptors (Lipinski definition) is 4. The van der Waals surface area contributed by atoms with Crippen LogP contribution in [0.5, 0.6) is 5.75 Å². The maximum Gasteiger partial charge on any atom is 0.344 e. The van der Waals surface area contributed by atoms with Gasteiger partial charge in [0.1, 0.15) is 11.6 Å². The van der Waals surface area contributed by atoms with E-state index in [0.29, 0.717) is 11.4 Å². The first kappa shape index (κ1) is 18.2. The molecule has 0 bridgehead atoms. The van der Waals surface area contributed by atoms with Gasteiger partial charge in [-0.15, -0.1) is 0 Å². The Balaban J connectivity index is 1.42. The third-order valence-electron chi connectivity index (χ3n) is 3.99. The van der Waals surface area contributed by atoms with Crippen molar-refractivity contribution in [1.82, 2.24) is 0 Å². The lowest BCUT2D eigenvalue weighted by Crippen LogP contribution is -2.23. The van der Waals surface area contributed by atoms with Gasteiger partial charge < -0.3 is 14.8 Å². The third kappa shape index (κ3) is 4.73. The number of esters is 1. The first-order valence-corrected chi connectivity index (χ1v) is 8.54. The Kier molecular flexibility index (Phi) is 5.73. The number of halogens is 2. The first-order valence-electron chi connectivity index (χ1n) is 8.16. The van der Waals surface area contributed by atoms with E-state index < -0.39 is 24.3 Å². The molecule has 26 heavy (non-hydrogen) atoms. The van der Waals surface area contributed by atoms with Crippen LogP contribution in [0.2, 0.25) is 5.02 Å². The number of anilines is 1. The van der Waals surface area contributed by atoms with Gasteiger partial charge in [0.25, 0.3) is 5.91 Å². The highest BCUT2D eigenvalue weighted by Crippen LogP contribution is 2.26. The van der Waals surface area contributed by atoms with E-state index in [1.54, 1.807) is 0 Å². The molecule has 2 aromatic rings. The molecule has 3 rings (SSSR count). The Morgan fingerprint density at radius 1 is 1.08 bits per heavy atom. The summed E-state index contributed by atoms with van der Waals surface area (Å²) in [4.78, 5) is 23.5. The van der Waals surface area contributed by atoms with Gasteiger partial charge in [0, 0.05) is 5.69 Å². The molecule has 0 atom stereocenters. The van der Waals surface area contributed by atoms with E-state index in [-0.39, 0.29) is 11.6 Å². The van der Waals surface area contributed by atoms with Gasteiger partial charge in [0.05, 0.1) is 5.02 Å². The van der Waals surface area contributed by atoms with Crippen molar-refractivity contribution in [2.24, 2.45) is 0 Å². The summed E-state index contributed by atoms with van der Waals surface area (Å²) in [7, 11) is 0. The normalized spacial score (nSPS) is 12.4. The summed E-state index contributed by atoms with van der Waals surface area (Å²) in [5.74, 6) is -1.19. The van der Waals surface area contributed by atoms with Crippen LogP contribution in [-0.2, 0) is 27.2 Å². The molecule has 0 unspecified atom stereocenters. The molecule has 1 amide bonds. The number of benzene rings is 2. The zero-order valence-electron chi connectivity index (χ0n) is 13.9. The topological polar surface area (TPSA) is 64.6 Å². The van der Waals surface area contributed by atoms with E-state index in [4.69, 9.17) is 21.1 Å². The van der Waals surface area contributed by atoms with E-state index in [1.807, 2.05) is 18.2 Å². The lowest BCUT2D eigenvalue weighted by Gasteiger charge is -2.09. The van der Waals surface area contributed by atoms with E-state index in [1.165, 1.54) is 23.3 Å². The molecule has 0 saturated heterocycles. The van der Waals surface area contributed by atoms with Crippen molar-refractivity contribution in [1.29, 1.82) is 0 Å². The molecule has 0 heterocycles. The van der Waals surface area contributed by atoms with Gasteiger partial charge in [-0.3, -0.25) is 4.79 Å². The monoisotopic (exact) mass is 377 g/mol. The standard InChI is InChI=1S/C19H17ClFNO4/c20-16-9-14(5-7-17(16)21)22-18(23)10-26-19(24)11-25-15-6-4-12-2-1-3-13(12)8-15/h4-9H,1-3,10-11H2,(H,22,23). The van der Waals surface area contributed by atoms with Crippen LogP contribution >= 0.6 is 11.6 Å². The molecule has 1 N–H and O–H groups in total. The number of rotatable bonds is 6. The van der Waals surface area contributed by atoms with Gasteiger partial charge in [0.2, 0.25) is 0 Å². The van der Waals surface area contributed by atoms with Crippen molar-refractivity contribution in [3.05, 3.63) is 58.4 Å². The van der Waals surface area contributed by atoms with Crippen molar-refractivity contribution < 1.29 is 23.5 Å². The Morgan fingerprint density at radius 2 is 1.88 bits per heavy atom. The van der Waals surface area contributed by atoms with Crippen molar-refractivity contribution >= 4 is 29.2 Å². The Bertz CT molecular complexity index is 840. The lowest BCUT2D eigenvalue weighted by atomic mass is 10.1. The number of carbonyl (C=O) groups is 2. The fraction of sp³-hybridized carbons (Fsp3) is 0.263. The van der Waals surface area contributed by atoms with Gasteiger partial charge in [0.15, 0.2) is 13.2 Å². The summed E-state index contributed by atoms with van der Waals surface area (Å²) in [6.45, 7) is -0.754. The van der Waals surface area contributed by atoms with Crippen LogP contribution in [0.25, 0.3) is 0 Å². The molecular formula is C19H17ClFNO4. The molecule has 0 aromatic heterocycles. The zero-order valence-corrected chi connectivity index (χ0v) is 14.6. The SMILES string of the molecule is O=C(COC(=O)COc1ccc2c(c1)CCC2)Nc1ccc(F)c(Cl)c1. The maximum absolute atomic E-state index is 13.1. The molecule has 0 radical (unpaired) electrons. The first-order chi connectivity index (χ1) is 12.5. The molecule has 1 aliphatic rings. The molecule has 1 aliphatic carbocycles. The molecule has 0 spiro atoms. The summed E-state index contributed by atoms with van der Waals surface area (Å²) in [6.07, 6.45) is 3.23. The Hall–Kier alpha value is -2.60. The van der Waals surface area contributed by atoms with Crippen LogP contribution in [0, 0.1) is 5.82 Å². The summed E-state index contributed by atoms with van der Waals surface area (Å²) >= 11 is 5.63. The predicted molar refractivity (Wildman–Crippen MR) is 95.0 cm³/mol. The number of ether oxygens (including phenoxy) is 2. The molecule has 0 saturated carbocycles. The molecular weight excluding hydrogens is 361 g/mol. The van der Waals surface area contributed by atoms with Crippen LogP contribution in [0.15, 0.2) is 36.4 Å². The van der Waals surface area contributed by atoms with Gasteiger partial charge >= 0.3 is 5.97 Å². The van der Waals surface area contributed by atoms with E-state index in [9.17, 15) is 14.0 Å². The number of hydrogen-bond donors (Lipinski definition) is 1. The largest absolute Gasteiger partial charge is 0.482 e. The molecule has 2 aromatic carbocycles. The minimum Gasteiger partial charge on any atom is -0.482 e. The molecule has 5 nitrogen and oxygen atoms in total. The van der Waals surface area contributed by atoms with Crippen LogP contribution < -0.4 is 10.1 Å². The number of aryl methyl sites for hydroxylation is 2. The summed E-state index contributed by atoms with van der Waals surface area (Å²) < 4.78 is 23.3. The van der Waals surface area contributed by atoms with Crippen molar-refractivity contribution in [2.75, 3.05) is 18.5 Å². The van der Waals surface area contributed by atoms with E-state index >= 15 is 0 Å². The van der Waals surface area contributed by atoms with Gasteiger partial charge in [-0.25, -0.2) is 9.18 Å². The summed E-state index contributed by atoms with van der Waals surface area (Å²) in [6, 6.07) is 9.52. The average Bonchev–Trinajstić information content (AvgIpc) is 3.09. The molecule has 0 aliphatic heterocycles. The maximum atomic E-state index is 13.1. The minimum absolute atomic E-state index is 0.109. The highest BCUT2D eigenvalue weighted by molar-refractivity contribution is 6.31. The highest BCUT2D eigenvalue weighted by atomic mass is 35.5. The third-order valence-corrected chi connectivity index (χ3v) is 4.28. The van der Waals surface area contributed by atoms with Crippen LogP contribution in [0.4, 0.5) is 10.1 Å². The number of carbonyl (C=O) groups excluding carboxylic acids is 2. The molecule has 7 heteroatoms. The van der Waals surface area contributed by atoms with Crippen LogP contribution in [-0.4, -0.2) is 25.1 Å². The van der Waals surface area contributed by atoms with Crippen molar-refractivity contribution in [3.8, 4) is 5.75 Å². The van der Waals surface area contributed by atoms with Crippen molar-refractivity contribution in [2.45, 2.75) is 19.3 Å². The Labute approximate surface area is 155 Å². The van der Waals surface area contributed by atoms with E-state index in [2.05, 4.69) is 5.32 Å². The van der Waals surface area contributed by atoms with Crippen LogP contribution in [0.1, 0.15) is 17.5 Å². The Morgan fingerprint density at radius 3 is 2.69 bits per heavy atom. The van der Waals surface area contributed by atoms with E-state index in [0.717, 1.165) is 25.3 Å². The summed E-state index contributed by atoms with van der Waals surface area (Å²) in [5, 5.41) is 2.35. The van der Waals surface area contributed by atoms with Gasteiger partial charge in [-0.05, 0) is 60.7 Å². The lowest BCUT2D eigenvalue weighted by molar-refractivity contribution is -0.149. The average molecular weight is 378 g/mol. The van der Waals surface area contributed by atoms with Crippen LogP contribution in [0.3, 0.4) is 0 Å². The molecule has 0 fully saturated rings. The smallest absolute Gasteiger partial charge is 0.344 e. The van der Waals surface area contributed by atoms with Gasteiger partial charge in [-0.1, -0.05) is 17.7 Å². The number of amides is 1. The zero-order chi connectivity index (χ0) is 18.5. The number of fused-ring (bicyclic) bond motifs is 1. The second kappa shape index (κ2) is 8.19. The second-order valence-corrected chi connectivity index (χ2v) is 6.32. The molecule has 136 valence electrons. The fourth-order valence-corrected chi connectivity index (χ4v) is 2.92. The quantitative estimate of drug-likeness (QED) is 0.782. The highest BCUT2D eigenvalue weighted by Gasteiger charge is 2.13. The second-order valence-electron chi connectivity index (χ2n) is 5.91. The van der Waals surface area contributed by atoms with Gasteiger partial charge in [-0.2, -0.15) is 0 Å².